The highest BCUT2D eigenvalue weighted by molar-refractivity contribution is 7.92. The quantitative estimate of drug-likeness (QED) is 0.564. The minimum atomic E-state index is -0.669. The Balaban J connectivity index is 2.23. The van der Waals surface area contributed by atoms with E-state index in [2.05, 4.69) is 18.3 Å². The van der Waals surface area contributed by atoms with Gasteiger partial charge in [0.15, 0.2) is 5.25 Å². The van der Waals surface area contributed by atoms with Gasteiger partial charge in [0.05, 0.1) is 12.2 Å². The van der Waals surface area contributed by atoms with E-state index < -0.39 is 11.2 Å². The lowest BCUT2D eigenvalue weighted by Gasteiger charge is -2.33. The van der Waals surface area contributed by atoms with Gasteiger partial charge in [0.25, 0.3) is 0 Å². The molecule has 12 heavy (non-hydrogen) atoms. The summed E-state index contributed by atoms with van der Waals surface area (Å²) >= 11 is -0.669. The van der Waals surface area contributed by atoms with Crippen LogP contribution in [0.3, 0.4) is 0 Å². The van der Waals surface area contributed by atoms with E-state index in [0.717, 1.165) is 18.0 Å². The molecule has 1 fully saturated rings. The predicted octanol–water partition coefficient (Wildman–Crippen LogP) is 0.797. The Bertz CT molecular complexity index is 237. The Morgan fingerprint density at radius 1 is 1.67 bits per heavy atom. The molecule has 2 nitrogen and oxygen atoms in total. The zero-order valence-electron chi connectivity index (χ0n) is 7.12. The Morgan fingerprint density at radius 2 is 2.50 bits per heavy atom. The molecule has 66 valence electrons. The highest BCUT2D eigenvalue weighted by atomic mass is 32.2. The van der Waals surface area contributed by atoms with Crippen LogP contribution in [0.25, 0.3) is 0 Å². The van der Waals surface area contributed by atoms with E-state index in [1.165, 1.54) is 0 Å². The van der Waals surface area contributed by atoms with Crippen molar-refractivity contribution < 1.29 is 4.55 Å². The molecule has 3 atom stereocenters. The van der Waals surface area contributed by atoms with E-state index in [-0.39, 0.29) is 5.25 Å². The third-order valence-corrected chi connectivity index (χ3v) is 4.25. The van der Waals surface area contributed by atoms with Crippen LogP contribution < -0.4 is 5.32 Å². The maximum atomic E-state index is 11.6. The molecule has 1 aliphatic carbocycles. The van der Waals surface area contributed by atoms with Crippen LogP contribution >= 0.6 is 0 Å². The van der Waals surface area contributed by atoms with Gasteiger partial charge >= 0.3 is 0 Å². The SMILES string of the molecule is CC1C=CC=C2NCC[S+]([O-])C21. The average Bonchev–Trinajstić information content (AvgIpc) is 2.04. The van der Waals surface area contributed by atoms with Crippen LogP contribution in [0, 0.1) is 5.92 Å². The van der Waals surface area contributed by atoms with Gasteiger partial charge in [0, 0.05) is 5.92 Å². The van der Waals surface area contributed by atoms with Crippen molar-refractivity contribution in [1.29, 1.82) is 0 Å². The molecule has 0 spiro atoms. The van der Waals surface area contributed by atoms with Crippen molar-refractivity contribution in [1.82, 2.24) is 5.32 Å². The van der Waals surface area contributed by atoms with Crippen molar-refractivity contribution in [3.8, 4) is 0 Å². The first-order chi connectivity index (χ1) is 5.79. The molecule has 0 aromatic carbocycles. The van der Waals surface area contributed by atoms with Gasteiger partial charge in [-0.05, 0) is 17.3 Å². The molecule has 1 N–H and O–H groups in total. The number of fused-ring (bicyclic) bond motifs is 1. The lowest BCUT2D eigenvalue weighted by atomic mass is 9.99. The standard InChI is InChI=1S/C9H13NOS/c1-7-3-2-4-8-9(7)12(11)6-5-10-8/h2-4,7,9-10H,5-6H2,1H3. The second kappa shape index (κ2) is 3.15. The van der Waals surface area contributed by atoms with Crippen LogP contribution in [0.15, 0.2) is 23.9 Å². The summed E-state index contributed by atoms with van der Waals surface area (Å²) in [5.41, 5.74) is 1.16. The molecular weight excluding hydrogens is 170 g/mol. The minimum absolute atomic E-state index is 0.226. The van der Waals surface area contributed by atoms with Gasteiger partial charge in [-0.15, -0.1) is 0 Å². The Kier molecular flexibility index (Phi) is 2.15. The highest BCUT2D eigenvalue weighted by Crippen LogP contribution is 2.27. The van der Waals surface area contributed by atoms with Crippen LogP contribution in [0.1, 0.15) is 6.92 Å². The first-order valence-corrected chi connectivity index (χ1v) is 5.66. The number of nitrogens with one attached hydrogen (secondary N) is 1. The second-order valence-corrected chi connectivity index (χ2v) is 4.98. The van der Waals surface area contributed by atoms with Gasteiger partial charge in [0.2, 0.25) is 0 Å². The van der Waals surface area contributed by atoms with E-state index in [1.54, 1.807) is 0 Å². The van der Waals surface area contributed by atoms with E-state index in [1.807, 2.05) is 12.2 Å². The Labute approximate surface area is 75.9 Å². The first-order valence-electron chi connectivity index (χ1n) is 4.28. The minimum Gasteiger partial charge on any atom is -0.616 e. The van der Waals surface area contributed by atoms with Gasteiger partial charge in [-0.2, -0.15) is 0 Å². The van der Waals surface area contributed by atoms with Gasteiger partial charge in [0.1, 0.15) is 5.75 Å². The van der Waals surface area contributed by atoms with Crippen LogP contribution in [0.4, 0.5) is 0 Å². The molecule has 3 heteroatoms. The number of hydrogen-bond donors (Lipinski definition) is 1. The summed E-state index contributed by atoms with van der Waals surface area (Å²) in [7, 11) is 0. The fourth-order valence-corrected chi connectivity index (χ4v) is 3.35. The lowest BCUT2D eigenvalue weighted by Crippen LogP contribution is -2.45. The zero-order valence-corrected chi connectivity index (χ0v) is 7.93. The molecule has 1 saturated heterocycles. The molecule has 0 aromatic rings. The van der Waals surface area contributed by atoms with Crippen LogP contribution in [0.2, 0.25) is 0 Å². The summed E-state index contributed by atoms with van der Waals surface area (Å²) in [5, 5.41) is 3.52. The Morgan fingerprint density at radius 3 is 3.25 bits per heavy atom. The summed E-state index contributed by atoms with van der Waals surface area (Å²) in [6.45, 7) is 2.98. The monoisotopic (exact) mass is 183 g/mol. The molecule has 1 aliphatic heterocycles. The largest absolute Gasteiger partial charge is 0.616 e. The van der Waals surface area contributed by atoms with Crippen molar-refractivity contribution >= 4 is 11.2 Å². The average molecular weight is 183 g/mol. The lowest BCUT2D eigenvalue weighted by molar-refractivity contribution is 0.540. The Hall–Kier alpha value is -0.410. The van der Waals surface area contributed by atoms with E-state index in [9.17, 15) is 4.55 Å². The maximum Gasteiger partial charge on any atom is 0.160 e. The van der Waals surface area contributed by atoms with E-state index in [4.69, 9.17) is 0 Å². The van der Waals surface area contributed by atoms with Crippen LogP contribution in [-0.2, 0) is 11.2 Å². The number of rotatable bonds is 0. The first kappa shape index (κ1) is 8.20. The molecular formula is C9H13NOS. The molecule has 1 heterocycles. The maximum absolute atomic E-state index is 11.6. The molecule has 0 saturated carbocycles. The van der Waals surface area contributed by atoms with Crippen LogP contribution in [-0.4, -0.2) is 22.1 Å². The number of allylic oxidation sites excluding steroid dienone is 3. The fraction of sp³-hybridized carbons (Fsp3) is 0.556. The number of hydrogen-bond acceptors (Lipinski definition) is 2. The molecule has 0 amide bonds. The molecule has 2 rings (SSSR count). The summed E-state index contributed by atoms with van der Waals surface area (Å²) in [6.07, 6.45) is 6.22. The van der Waals surface area contributed by atoms with Crippen molar-refractivity contribution in [3.05, 3.63) is 23.9 Å². The molecule has 0 aromatic heterocycles. The predicted molar refractivity (Wildman–Crippen MR) is 51.2 cm³/mol. The van der Waals surface area contributed by atoms with Crippen molar-refractivity contribution in [3.63, 3.8) is 0 Å². The molecule has 2 aliphatic rings. The molecule has 0 radical (unpaired) electrons. The second-order valence-electron chi connectivity index (χ2n) is 3.30. The zero-order chi connectivity index (χ0) is 8.55. The third-order valence-electron chi connectivity index (χ3n) is 2.39. The van der Waals surface area contributed by atoms with Crippen molar-refractivity contribution in [2.45, 2.75) is 12.2 Å². The normalized spacial score (nSPS) is 39.8. The molecule has 0 bridgehead atoms. The topological polar surface area (TPSA) is 35.1 Å². The molecule has 3 unspecified atom stereocenters. The fourth-order valence-electron chi connectivity index (χ4n) is 1.78. The highest BCUT2D eigenvalue weighted by Gasteiger charge is 2.35. The third kappa shape index (κ3) is 1.27. The van der Waals surface area contributed by atoms with Gasteiger partial charge in [-0.25, -0.2) is 0 Å². The summed E-state index contributed by atoms with van der Waals surface area (Å²) in [5.74, 6) is 1.21. The summed E-state index contributed by atoms with van der Waals surface area (Å²) in [6, 6.07) is 0. The summed E-state index contributed by atoms with van der Waals surface area (Å²) in [4.78, 5) is 0. The smallest absolute Gasteiger partial charge is 0.160 e. The van der Waals surface area contributed by atoms with Gasteiger partial charge < -0.3 is 9.87 Å². The van der Waals surface area contributed by atoms with Crippen molar-refractivity contribution in [2.75, 3.05) is 12.3 Å². The summed E-state index contributed by atoms with van der Waals surface area (Å²) < 4.78 is 11.6. The van der Waals surface area contributed by atoms with Gasteiger partial charge in [-0.3, -0.25) is 0 Å². The van der Waals surface area contributed by atoms with Crippen LogP contribution in [0.5, 0.6) is 0 Å². The van der Waals surface area contributed by atoms with Gasteiger partial charge in [-0.1, -0.05) is 19.1 Å². The van der Waals surface area contributed by atoms with E-state index in [0.29, 0.717) is 5.92 Å². The van der Waals surface area contributed by atoms with Crippen molar-refractivity contribution in [2.24, 2.45) is 5.92 Å². The van der Waals surface area contributed by atoms with E-state index >= 15 is 0 Å².